The molecule has 0 aliphatic rings. The van der Waals surface area contributed by atoms with Gasteiger partial charge in [-0.2, -0.15) is 5.10 Å². The van der Waals surface area contributed by atoms with Crippen molar-refractivity contribution in [1.82, 2.24) is 14.7 Å². The second-order valence-corrected chi connectivity index (χ2v) is 9.09. The molecule has 4 aromatic rings. The zero-order valence-electron chi connectivity index (χ0n) is 21.1. The fourth-order valence-electron chi connectivity index (χ4n) is 3.93. The third-order valence-corrected chi connectivity index (χ3v) is 5.96. The first kappa shape index (κ1) is 26.3. The summed E-state index contributed by atoms with van der Waals surface area (Å²) in [6.45, 7) is 6.78. The number of hydrogen-bond donors (Lipinski definition) is 1. The number of aryl methyl sites for hydroxylation is 1. The Bertz CT molecular complexity index is 1300. The molecule has 0 amide bonds. The van der Waals surface area contributed by atoms with E-state index in [1.165, 1.54) is 6.07 Å². The summed E-state index contributed by atoms with van der Waals surface area (Å²) < 4.78 is 41.4. The van der Waals surface area contributed by atoms with E-state index in [9.17, 15) is 13.9 Å². The van der Waals surface area contributed by atoms with Gasteiger partial charge in [-0.05, 0) is 57.2 Å². The van der Waals surface area contributed by atoms with Gasteiger partial charge < -0.3 is 14.6 Å². The summed E-state index contributed by atoms with van der Waals surface area (Å²) in [6, 6.07) is 22.0. The first-order valence-corrected chi connectivity index (χ1v) is 12.2. The molecule has 0 radical (unpaired) electrons. The van der Waals surface area contributed by atoms with Crippen molar-refractivity contribution in [3.8, 4) is 23.1 Å². The second-order valence-electron chi connectivity index (χ2n) is 9.09. The number of para-hydroxylation sites is 2. The van der Waals surface area contributed by atoms with Crippen LogP contribution in [0.3, 0.4) is 0 Å². The van der Waals surface area contributed by atoms with Crippen molar-refractivity contribution in [2.45, 2.75) is 39.5 Å². The summed E-state index contributed by atoms with van der Waals surface area (Å²) in [6.07, 6.45) is -0.744. The Morgan fingerprint density at radius 2 is 1.65 bits per heavy atom. The average molecular weight is 508 g/mol. The maximum Gasteiger partial charge on any atom is 0.227 e. The van der Waals surface area contributed by atoms with Crippen molar-refractivity contribution in [3.05, 3.63) is 102 Å². The monoisotopic (exact) mass is 507 g/mol. The summed E-state index contributed by atoms with van der Waals surface area (Å²) >= 11 is 0. The predicted octanol–water partition coefficient (Wildman–Crippen LogP) is 5.90. The highest BCUT2D eigenvalue weighted by Crippen LogP contribution is 2.33. The predicted molar refractivity (Wildman–Crippen MR) is 138 cm³/mol. The molecule has 4 rings (SSSR count). The van der Waals surface area contributed by atoms with Crippen molar-refractivity contribution in [2.24, 2.45) is 0 Å². The fraction of sp³-hybridized carbons (Fsp3) is 0.276. The van der Waals surface area contributed by atoms with E-state index in [-0.39, 0.29) is 18.4 Å². The van der Waals surface area contributed by atoms with E-state index in [2.05, 4.69) is 10.00 Å². The van der Waals surface area contributed by atoms with Crippen LogP contribution in [0, 0.1) is 18.6 Å². The number of aliphatic hydroxyl groups is 1. The molecule has 37 heavy (non-hydrogen) atoms. The number of aliphatic hydroxyl groups excluding tert-OH is 1. The lowest BCUT2D eigenvalue weighted by Gasteiger charge is -2.29. The van der Waals surface area contributed by atoms with Gasteiger partial charge in [-0.3, -0.25) is 4.90 Å². The van der Waals surface area contributed by atoms with E-state index in [1.54, 1.807) is 4.68 Å². The van der Waals surface area contributed by atoms with Gasteiger partial charge in [0, 0.05) is 25.2 Å². The molecule has 1 atom stereocenters. The Morgan fingerprint density at radius 3 is 2.30 bits per heavy atom. The van der Waals surface area contributed by atoms with Gasteiger partial charge in [0.05, 0.1) is 16.9 Å². The molecule has 0 fully saturated rings. The molecule has 0 saturated carbocycles. The lowest BCUT2D eigenvalue weighted by molar-refractivity contribution is 0.0539. The Labute approximate surface area is 215 Å². The zero-order valence-corrected chi connectivity index (χ0v) is 21.1. The van der Waals surface area contributed by atoms with Crippen LogP contribution in [0.5, 0.6) is 17.4 Å². The molecule has 0 spiro atoms. The molecule has 0 bridgehead atoms. The van der Waals surface area contributed by atoms with Crippen LogP contribution in [-0.2, 0) is 6.54 Å². The van der Waals surface area contributed by atoms with Crippen molar-refractivity contribution < 1.29 is 23.4 Å². The number of halogens is 2. The van der Waals surface area contributed by atoms with Crippen LogP contribution in [-0.4, -0.2) is 45.1 Å². The first-order valence-electron chi connectivity index (χ1n) is 12.2. The summed E-state index contributed by atoms with van der Waals surface area (Å²) in [5.41, 5.74) is 2.17. The number of nitrogens with zero attached hydrogens (tertiary/aromatic N) is 3. The first-order chi connectivity index (χ1) is 17.8. The largest absolute Gasteiger partial charge is 0.491 e. The number of hydrogen-bond acceptors (Lipinski definition) is 5. The van der Waals surface area contributed by atoms with Gasteiger partial charge in [-0.15, -0.1) is 0 Å². The molecule has 8 heteroatoms. The maximum absolute atomic E-state index is 14.5. The maximum atomic E-state index is 14.5. The van der Waals surface area contributed by atoms with Crippen LogP contribution in [0.4, 0.5) is 8.78 Å². The van der Waals surface area contributed by atoms with Gasteiger partial charge in [0.2, 0.25) is 5.88 Å². The molecule has 1 aromatic heterocycles. The molecular formula is C29H31F2N3O3. The van der Waals surface area contributed by atoms with Gasteiger partial charge >= 0.3 is 0 Å². The second kappa shape index (κ2) is 12.0. The van der Waals surface area contributed by atoms with Crippen molar-refractivity contribution in [3.63, 3.8) is 0 Å². The summed E-state index contributed by atoms with van der Waals surface area (Å²) in [5.74, 6) is -0.578. The fourth-order valence-corrected chi connectivity index (χ4v) is 3.93. The van der Waals surface area contributed by atoms with E-state index in [0.717, 1.165) is 23.4 Å². The van der Waals surface area contributed by atoms with Gasteiger partial charge in [-0.1, -0.05) is 36.4 Å². The minimum atomic E-state index is -0.807. The minimum Gasteiger partial charge on any atom is -0.491 e. The summed E-state index contributed by atoms with van der Waals surface area (Å²) in [5, 5.41) is 15.4. The Kier molecular flexibility index (Phi) is 8.53. The average Bonchev–Trinajstić information content (AvgIpc) is 3.19. The smallest absolute Gasteiger partial charge is 0.227 e. The summed E-state index contributed by atoms with van der Waals surface area (Å²) in [7, 11) is 0. The lowest BCUT2D eigenvalue weighted by Crippen LogP contribution is -2.39. The van der Waals surface area contributed by atoms with Crippen molar-refractivity contribution >= 4 is 0 Å². The van der Waals surface area contributed by atoms with E-state index in [0.29, 0.717) is 30.4 Å². The van der Waals surface area contributed by atoms with E-state index in [1.807, 2.05) is 81.4 Å². The van der Waals surface area contributed by atoms with Crippen LogP contribution in [0.2, 0.25) is 0 Å². The van der Waals surface area contributed by atoms with Crippen LogP contribution >= 0.6 is 0 Å². The Balaban J connectivity index is 1.61. The molecule has 0 aliphatic heterocycles. The van der Waals surface area contributed by atoms with Gasteiger partial charge in [-0.25, -0.2) is 13.5 Å². The third kappa shape index (κ3) is 6.72. The zero-order chi connectivity index (χ0) is 26.4. The highest BCUT2D eigenvalue weighted by molar-refractivity contribution is 5.43. The molecule has 6 nitrogen and oxygen atoms in total. The van der Waals surface area contributed by atoms with Gasteiger partial charge in [0.1, 0.15) is 24.3 Å². The van der Waals surface area contributed by atoms with Gasteiger partial charge in [0.15, 0.2) is 11.6 Å². The third-order valence-electron chi connectivity index (χ3n) is 5.96. The van der Waals surface area contributed by atoms with E-state index >= 15 is 0 Å². The number of aromatic nitrogens is 2. The SMILES string of the molecule is Cc1nn(-c2ccccc2)c(Oc2ccc(F)cc2F)c1CN(C[C@H](O)COc1ccccc1)C(C)C. The number of ether oxygens (including phenoxy) is 2. The molecular weight excluding hydrogens is 476 g/mol. The normalized spacial score (nSPS) is 12.2. The van der Waals surface area contributed by atoms with E-state index in [4.69, 9.17) is 9.47 Å². The molecule has 3 aromatic carbocycles. The Morgan fingerprint density at radius 1 is 0.973 bits per heavy atom. The topological polar surface area (TPSA) is 59.8 Å². The minimum absolute atomic E-state index is 0.0706. The highest BCUT2D eigenvalue weighted by atomic mass is 19.1. The van der Waals surface area contributed by atoms with E-state index < -0.39 is 17.7 Å². The molecule has 194 valence electrons. The van der Waals surface area contributed by atoms with Crippen LogP contribution in [0.15, 0.2) is 78.9 Å². The summed E-state index contributed by atoms with van der Waals surface area (Å²) in [4.78, 5) is 2.08. The molecule has 1 N–H and O–H groups in total. The van der Waals surface area contributed by atoms with Crippen LogP contribution in [0.1, 0.15) is 25.1 Å². The number of rotatable bonds is 11. The molecule has 0 aliphatic carbocycles. The van der Waals surface area contributed by atoms with Crippen LogP contribution < -0.4 is 9.47 Å². The molecule has 1 heterocycles. The number of benzene rings is 3. The highest BCUT2D eigenvalue weighted by Gasteiger charge is 2.25. The quantitative estimate of drug-likeness (QED) is 0.274. The standard InChI is InChI=1S/C29H31F2N3O3/c1-20(2)33(17-24(35)19-36-25-12-8-5-9-13-25)18-26-21(3)32-34(23-10-6-4-7-11-23)29(26)37-28-15-14-22(30)16-27(28)31/h4-16,20,24,35H,17-19H2,1-3H3/t24-/m0/s1. The van der Waals surface area contributed by atoms with Crippen molar-refractivity contribution in [1.29, 1.82) is 0 Å². The lowest BCUT2D eigenvalue weighted by atomic mass is 10.2. The van der Waals surface area contributed by atoms with Gasteiger partial charge in [0.25, 0.3) is 0 Å². The molecule has 0 unspecified atom stereocenters. The Hall–Kier alpha value is -3.75. The van der Waals surface area contributed by atoms with Crippen molar-refractivity contribution in [2.75, 3.05) is 13.2 Å². The molecule has 0 saturated heterocycles. The van der Waals surface area contributed by atoms with Crippen LogP contribution in [0.25, 0.3) is 5.69 Å².